The van der Waals surface area contributed by atoms with Gasteiger partial charge in [0.05, 0.1) is 0 Å². The molecule has 1 aromatic rings. The van der Waals surface area contributed by atoms with Crippen LogP contribution in [-0.4, -0.2) is 33.3 Å². The van der Waals surface area contributed by atoms with Crippen LogP contribution < -0.4 is 10.6 Å². The highest BCUT2D eigenvalue weighted by Gasteiger charge is 2.21. The molecule has 1 atom stereocenters. The molecule has 100 valence electrons. The molecule has 3 N–H and O–H groups in total. The Bertz CT molecular complexity index is 433. The van der Waals surface area contributed by atoms with Gasteiger partial charge in [-0.15, -0.1) is 10.2 Å². The molecule has 0 aliphatic carbocycles. The number of urea groups is 1. The molecule has 0 radical (unpaired) electrons. The molecule has 1 heterocycles. The molecule has 0 saturated carbocycles. The molecule has 0 unspecified atom stereocenters. The molecule has 1 aromatic heterocycles. The SMILES string of the molecule is Cc1nnc(NC(=O)N[C@@H](CC(C)C)C(=O)O)s1. The van der Waals surface area contributed by atoms with Crippen molar-refractivity contribution < 1.29 is 14.7 Å². The van der Waals surface area contributed by atoms with Gasteiger partial charge >= 0.3 is 12.0 Å². The number of carbonyl (C=O) groups excluding carboxylic acids is 1. The Labute approximate surface area is 109 Å². The highest BCUT2D eigenvalue weighted by atomic mass is 32.1. The summed E-state index contributed by atoms with van der Waals surface area (Å²) in [5.74, 6) is -0.873. The Morgan fingerprint density at radius 2 is 2.06 bits per heavy atom. The number of rotatable bonds is 5. The van der Waals surface area contributed by atoms with Gasteiger partial charge in [-0.1, -0.05) is 25.2 Å². The molecule has 0 aliphatic rings. The number of anilines is 1. The fourth-order valence-electron chi connectivity index (χ4n) is 1.33. The quantitative estimate of drug-likeness (QED) is 0.753. The van der Waals surface area contributed by atoms with Crippen molar-refractivity contribution in [1.29, 1.82) is 0 Å². The van der Waals surface area contributed by atoms with Gasteiger partial charge in [-0.2, -0.15) is 0 Å². The number of hydrogen-bond donors (Lipinski definition) is 3. The maximum Gasteiger partial charge on any atom is 0.326 e. The van der Waals surface area contributed by atoms with E-state index in [0.29, 0.717) is 11.6 Å². The van der Waals surface area contributed by atoms with Crippen LogP contribution in [0.15, 0.2) is 0 Å². The maximum absolute atomic E-state index is 11.6. The predicted octanol–water partition coefficient (Wildman–Crippen LogP) is 1.47. The van der Waals surface area contributed by atoms with Gasteiger partial charge in [0.15, 0.2) is 0 Å². The van der Waals surface area contributed by atoms with E-state index in [1.807, 2.05) is 13.8 Å². The fraction of sp³-hybridized carbons (Fsp3) is 0.600. The third-order valence-corrected chi connectivity index (χ3v) is 2.81. The number of aliphatic carboxylic acids is 1. The van der Waals surface area contributed by atoms with Gasteiger partial charge in [0.2, 0.25) is 5.13 Å². The number of aromatic nitrogens is 2. The van der Waals surface area contributed by atoms with Crippen molar-refractivity contribution in [2.75, 3.05) is 5.32 Å². The van der Waals surface area contributed by atoms with E-state index in [-0.39, 0.29) is 5.92 Å². The molecular formula is C10H16N4O3S. The standard InChI is InChI=1S/C10H16N4O3S/c1-5(2)4-7(8(15)16)11-9(17)12-10-14-13-6(3)18-10/h5,7H,4H2,1-3H3,(H,15,16)(H2,11,12,14,17)/t7-/m0/s1. The van der Waals surface area contributed by atoms with Gasteiger partial charge in [-0.05, 0) is 19.3 Å². The van der Waals surface area contributed by atoms with E-state index >= 15 is 0 Å². The first-order valence-electron chi connectivity index (χ1n) is 5.49. The summed E-state index contributed by atoms with van der Waals surface area (Å²) < 4.78 is 0. The summed E-state index contributed by atoms with van der Waals surface area (Å²) in [7, 11) is 0. The number of nitrogens with zero attached hydrogens (tertiary/aromatic N) is 2. The monoisotopic (exact) mass is 272 g/mol. The van der Waals surface area contributed by atoms with E-state index in [9.17, 15) is 9.59 Å². The fourth-order valence-corrected chi connectivity index (χ4v) is 1.92. The second kappa shape index (κ2) is 6.29. The van der Waals surface area contributed by atoms with Crippen molar-refractivity contribution in [2.45, 2.75) is 33.2 Å². The van der Waals surface area contributed by atoms with Crippen molar-refractivity contribution in [3.05, 3.63) is 5.01 Å². The summed E-state index contributed by atoms with van der Waals surface area (Å²) >= 11 is 1.22. The first kappa shape index (κ1) is 14.4. The van der Waals surface area contributed by atoms with Crippen LogP contribution in [0.4, 0.5) is 9.93 Å². The number of aryl methyl sites for hydroxylation is 1. The lowest BCUT2D eigenvalue weighted by Crippen LogP contribution is -2.43. The third kappa shape index (κ3) is 4.66. The number of amides is 2. The number of carboxylic acid groups (broad SMARTS) is 1. The summed E-state index contributed by atoms with van der Waals surface area (Å²) in [6.45, 7) is 5.55. The molecule has 18 heavy (non-hydrogen) atoms. The zero-order valence-corrected chi connectivity index (χ0v) is 11.2. The van der Waals surface area contributed by atoms with Crippen LogP contribution in [0, 0.1) is 12.8 Å². The molecule has 1 rings (SSSR count). The number of carbonyl (C=O) groups is 2. The van der Waals surface area contributed by atoms with Gasteiger partial charge in [-0.25, -0.2) is 9.59 Å². The molecule has 0 fully saturated rings. The topological polar surface area (TPSA) is 104 Å². The Morgan fingerprint density at radius 1 is 1.39 bits per heavy atom. The summed E-state index contributed by atoms with van der Waals surface area (Å²) in [6.07, 6.45) is 0.373. The van der Waals surface area contributed by atoms with Crippen molar-refractivity contribution in [2.24, 2.45) is 5.92 Å². The molecule has 0 aromatic carbocycles. The molecule has 0 saturated heterocycles. The van der Waals surface area contributed by atoms with Crippen molar-refractivity contribution >= 4 is 28.5 Å². The lowest BCUT2D eigenvalue weighted by Gasteiger charge is -2.16. The lowest BCUT2D eigenvalue weighted by molar-refractivity contribution is -0.139. The first-order chi connectivity index (χ1) is 8.38. The van der Waals surface area contributed by atoms with E-state index < -0.39 is 18.0 Å². The third-order valence-electron chi connectivity index (χ3n) is 2.06. The van der Waals surface area contributed by atoms with E-state index in [1.54, 1.807) is 6.92 Å². The zero-order chi connectivity index (χ0) is 13.7. The summed E-state index contributed by atoms with van der Waals surface area (Å²) in [6, 6.07) is -1.49. The van der Waals surface area contributed by atoms with Crippen molar-refractivity contribution in [3.63, 3.8) is 0 Å². The number of carboxylic acids is 1. The van der Waals surface area contributed by atoms with Gasteiger partial charge in [0.1, 0.15) is 11.0 Å². The van der Waals surface area contributed by atoms with E-state index in [0.717, 1.165) is 5.01 Å². The van der Waals surface area contributed by atoms with Crippen LogP contribution in [0.1, 0.15) is 25.3 Å². The predicted molar refractivity (Wildman–Crippen MR) is 67.7 cm³/mol. The Balaban J connectivity index is 2.53. The second-order valence-electron chi connectivity index (χ2n) is 4.25. The second-order valence-corrected chi connectivity index (χ2v) is 5.43. The normalized spacial score (nSPS) is 12.2. The molecule has 8 heteroatoms. The highest BCUT2D eigenvalue weighted by molar-refractivity contribution is 7.15. The molecule has 2 amide bonds. The lowest BCUT2D eigenvalue weighted by atomic mass is 10.0. The van der Waals surface area contributed by atoms with Crippen molar-refractivity contribution in [1.82, 2.24) is 15.5 Å². The van der Waals surface area contributed by atoms with Gasteiger partial charge < -0.3 is 10.4 Å². The smallest absolute Gasteiger partial charge is 0.326 e. The van der Waals surface area contributed by atoms with Gasteiger partial charge in [0.25, 0.3) is 0 Å². The van der Waals surface area contributed by atoms with Crippen LogP contribution in [0.25, 0.3) is 0 Å². The molecule has 0 spiro atoms. The van der Waals surface area contributed by atoms with Gasteiger partial charge in [-0.3, -0.25) is 5.32 Å². The minimum absolute atomic E-state index is 0.176. The largest absolute Gasteiger partial charge is 0.480 e. The van der Waals surface area contributed by atoms with E-state index in [1.165, 1.54) is 11.3 Å². The Kier molecular flexibility index (Phi) is 5.02. The van der Waals surface area contributed by atoms with Crippen LogP contribution in [-0.2, 0) is 4.79 Å². The maximum atomic E-state index is 11.6. The minimum Gasteiger partial charge on any atom is -0.480 e. The van der Waals surface area contributed by atoms with Gasteiger partial charge in [0, 0.05) is 0 Å². The van der Waals surface area contributed by atoms with Crippen LogP contribution in [0.5, 0.6) is 0 Å². The summed E-state index contributed by atoms with van der Waals surface area (Å²) in [5.41, 5.74) is 0. The molecular weight excluding hydrogens is 256 g/mol. The first-order valence-corrected chi connectivity index (χ1v) is 6.30. The van der Waals surface area contributed by atoms with Crippen LogP contribution >= 0.6 is 11.3 Å². The molecule has 7 nitrogen and oxygen atoms in total. The zero-order valence-electron chi connectivity index (χ0n) is 10.4. The summed E-state index contributed by atoms with van der Waals surface area (Å²) in [5, 5.41) is 22.4. The molecule has 0 bridgehead atoms. The number of hydrogen-bond acceptors (Lipinski definition) is 5. The van der Waals surface area contributed by atoms with E-state index in [4.69, 9.17) is 5.11 Å². The summed E-state index contributed by atoms with van der Waals surface area (Å²) in [4.78, 5) is 22.5. The minimum atomic E-state index is -1.05. The average Bonchev–Trinajstić information content (AvgIpc) is 2.62. The van der Waals surface area contributed by atoms with E-state index in [2.05, 4.69) is 20.8 Å². The average molecular weight is 272 g/mol. The Hall–Kier alpha value is -1.70. The highest BCUT2D eigenvalue weighted by Crippen LogP contribution is 2.13. The van der Waals surface area contributed by atoms with Crippen molar-refractivity contribution in [3.8, 4) is 0 Å². The molecule has 0 aliphatic heterocycles. The number of nitrogens with one attached hydrogen (secondary N) is 2. The Morgan fingerprint density at radius 3 is 2.50 bits per heavy atom. The van der Waals surface area contributed by atoms with Crippen LogP contribution in [0.2, 0.25) is 0 Å². The van der Waals surface area contributed by atoms with Crippen LogP contribution in [0.3, 0.4) is 0 Å².